The molecule has 1 amide bonds. The van der Waals surface area contributed by atoms with Gasteiger partial charge in [0.25, 0.3) is 5.91 Å². The fourth-order valence-corrected chi connectivity index (χ4v) is 1.77. The van der Waals surface area contributed by atoms with Gasteiger partial charge in [0.1, 0.15) is 0 Å². The van der Waals surface area contributed by atoms with Gasteiger partial charge in [-0.25, -0.2) is 0 Å². The highest BCUT2D eigenvalue weighted by Crippen LogP contribution is 2.13. The smallest absolute Gasteiger partial charge is 0.307 e. The van der Waals surface area contributed by atoms with E-state index in [-0.39, 0.29) is 12.3 Å². The van der Waals surface area contributed by atoms with Crippen molar-refractivity contribution in [2.75, 3.05) is 11.1 Å². The van der Waals surface area contributed by atoms with E-state index in [0.29, 0.717) is 22.5 Å². The molecule has 5 heteroatoms. The molecule has 0 unspecified atom stereocenters. The minimum Gasteiger partial charge on any atom is -0.481 e. The lowest BCUT2D eigenvalue weighted by Crippen LogP contribution is -2.12. The normalized spacial score (nSPS) is 10.0. The molecule has 2 aromatic carbocycles. The Morgan fingerprint density at radius 3 is 2.45 bits per heavy atom. The second-order valence-electron chi connectivity index (χ2n) is 4.35. The summed E-state index contributed by atoms with van der Waals surface area (Å²) in [4.78, 5) is 22.7. The molecule has 2 rings (SSSR count). The van der Waals surface area contributed by atoms with E-state index in [1.807, 2.05) is 0 Å². The SMILES string of the molecule is Nc1ccc(NC(=O)c2cccc(CC(=O)O)c2)cc1. The Kier molecular flexibility index (Phi) is 4.00. The van der Waals surface area contributed by atoms with Crippen LogP contribution in [0.3, 0.4) is 0 Å². The molecule has 102 valence electrons. The van der Waals surface area contributed by atoms with Crippen LogP contribution in [-0.2, 0) is 11.2 Å². The van der Waals surface area contributed by atoms with E-state index >= 15 is 0 Å². The zero-order valence-corrected chi connectivity index (χ0v) is 10.7. The first-order valence-electron chi connectivity index (χ1n) is 6.02. The number of nitrogens with one attached hydrogen (secondary N) is 1. The molecule has 5 nitrogen and oxygen atoms in total. The fourth-order valence-electron chi connectivity index (χ4n) is 1.77. The number of anilines is 2. The van der Waals surface area contributed by atoms with Crippen LogP contribution in [0, 0.1) is 0 Å². The third kappa shape index (κ3) is 3.58. The summed E-state index contributed by atoms with van der Waals surface area (Å²) >= 11 is 0. The highest BCUT2D eigenvalue weighted by molar-refractivity contribution is 6.04. The van der Waals surface area contributed by atoms with Gasteiger partial charge in [-0.15, -0.1) is 0 Å². The summed E-state index contributed by atoms with van der Waals surface area (Å²) in [5.74, 6) is -1.22. The standard InChI is InChI=1S/C15H14N2O3/c16-12-4-6-13(7-5-12)17-15(20)11-3-1-2-10(8-11)9-14(18)19/h1-8H,9,16H2,(H,17,20)(H,18,19). The molecule has 20 heavy (non-hydrogen) atoms. The molecule has 0 aliphatic carbocycles. The summed E-state index contributed by atoms with van der Waals surface area (Å²) in [5.41, 5.74) is 7.82. The molecule has 0 aromatic heterocycles. The zero-order chi connectivity index (χ0) is 14.5. The summed E-state index contributed by atoms with van der Waals surface area (Å²) in [6.45, 7) is 0. The molecule has 2 aromatic rings. The molecule has 0 atom stereocenters. The highest BCUT2D eigenvalue weighted by Gasteiger charge is 2.08. The van der Waals surface area contributed by atoms with Gasteiger partial charge in [0.15, 0.2) is 0 Å². The number of rotatable bonds is 4. The van der Waals surface area contributed by atoms with Gasteiger partial charge in [0, 0.05) is 16.9 Å². The van der Waals surface area contributed by atoms with Crippen molar-refractivity contribution in [1.29, 1.82) is 0 Å². The summed E-state index contributed by atoms with van der Waals surface area (Å²) < 4.78 is 0. The van der Waals surface area contributed by atoms with E-state index < -0.39 is 5.97 Å². The summed E-state index contributed by atoms with van der Waals surface area (Å²) in [5, 5.41) is 11.5. The van der Waals surface area contributed by atoms with E-state index in [2.05, 4.69) is 5.32 Å². The maximum atomic E-state index is 12.0. The van der Waals surface area contributed by atoms with E-state index in [1.54, 1.807) is 48.5 Å². The number of hydrogen-bond donors (Lipinski definition) is 3. The van der Waals surface area contributed by atoms with Gasteiger partial charge in [0.05, 0.1) is 6.42 Å². The number of hydrogen-bond acceptors (Lipinski definition) is 3. The van der Waals surface area contributed by atoms with Crippen LogP contribution in [0.2, 0.25) is 0 Å². The average molecular weight is 270 g/mol. The van der Waals surface area contributed by atoms with Crippen LogP contribution in [-0.4, -0.2) is 17.0 Å². The summed E-state index contributed by atoms with van der Waals surface area (Å²) in [6, 6.07) is 13.3. The summed E-state index contributed by atoms with van der Waals surface area (Å²) in [6.07, 6.45) is -0.108. The van der Waals surface area contributed by atoms with E-state index in [4.69, 9.17) is 10.8 Å². The molecule has 0 spiro atoms. The number of carboxylic acid groups (broad SMARTS) is 1. The van der Waals surface area contributed by atoms with Crippen LogP contribution >= 0.6 is 0 Å². The van der Waals surface area contributed by atoms with Crippen LogP contribution in [0.5, 0.6) is 0 Å². The first-order chi connectivity index (χ1) is 9.54. The Morgan fingerprint density at radius 2 is 1.80 bits per heavy atom. The lowest BCUT2D eigenvalue weighted by Gasteiger charge is -2.06. The molecule has 0 aliphatic heterocycles. The van der Waals surface area contributed by atoms with Crippen molar-refractivity contribution in [3.63, 3.8) is 0 Å². The maximum Gasteiger partial charge on any atom is 0.307 e. The predicted molar refractivity (Wildman–Crippen MR) is 76.6 cm³/mol. The quantitative estimate of drug-likeness (QED) is 0.742. The van der Waals surface area contributed by atoms with Crippen molar-refractivity contribution in [3.05, 3.63) is 59.7 Å². The number of benzene rings is 2. The number of carbonyl (C=O) groups excluding carboxylic acids is 1. The van der Waals surface area contributed by atoms with Crippen molar-refractivity contribution in [1.82, 2.24) is 0 Å². The average Bonchev–Trinajstić information content (AvgIpc) is 2.41. The second-order valence-corrected chi connectivity index (χ2v) is 4.35. The molecule has 0 fully saturated rings. The molecule has 0 bridgehead atoms. The maximum absolute atomic E-state index is 12.0. The van der Waals surface area contributed by atoms with Gasteiger partial charge in [-0.05, 0) is 42.0 Å². The predicted octanol–water partition coefficient (Wildman–Crippen LogP) is 2.15. The molecule has 0 aliphatic rings. The van der Waals surface area contributed by atoms with E-state index in [9.17, 15) is 9.59 Å². The minimum absolute atomic E-state index is 0.108. The third-order valence-corrected chi connectivity index (χ3v) is 2.71. The van der Waals surface area contributed by atoms with Gasteiger partial charge < -0.3 is 16.2 Å². The van der Waals surface area contributed by atoms with Crippen LogP contribution in [0.4, 0.5) is 11.4 Å². The molecule has 0 heterocycles. The van der Waals surface area contributed by atoms with Gasteiger partial charge in [-0.3, -0.25) is 9.59 Å². The summed E-state index contributed by atoms with van der Waals surface area (Å²) in [7, 11) is 0. The number of amides is 1. The monoisotopic (exact) mass is 270 g/mol. The number of aliphatic carboxylic acids is 1. The molecule has 0 saturated heterocycles. The fraction of sp³-hybridized carbons (Fsp3) is 0.0667. The first kappa shape index (κ1) is 13.6. The molecular formula is C15H14N2O3. The Hall–Kier alpha value is -2.82. The number of carboxylic acids is 1. The number of nitrogen functional groups attached to an aromatic ring is 1. The van der Waals surface area contributed by atoms with Crippen molar-refractivity contribution >= 4 is 23.3 Å². The third-order valence-electron chi connectivity index (χ3n) is 2.71. The topological polar surface area (TPSA) is 92.4 Å². The van der Waals surface area contributed by atoms with Crippen LogP contribution in [0.25, 0.3) is 0 Å². The van der Waals surface area contributed by atoms with Crippen molar-refractivity contribution in [2.24, 2.45) is 0 Å². The molecule has 4 N–H and O–H groups in total. The Balaban J connectivity index is 2.12. The largest absolute Gasteiger partial charge is 0.481 e. The second kappa shape index (κ2) is 5.88. The van der Waals surface area contributed by atoms with Crippen molar-refractivity contribution in [2.45, 2.75) is 6.42 Å². The van der Waals surface area contributed by atoms with E-state index in [0.717, 1.165) is 0 Å². The first-order valence-corrected chi connectivity index (χ1v) is 6.02. The van der Waals surface area contributed by atoms with Crippen LogP contribution in [0.15, 0.2) is 48.5 Å². The van der Waals surface area contributed by atoms with Gasteiger partial charge in [-0.2, -0.15) is 0 Å². The Labute approximate surface area is 116 Å². The molecule has 0 saturated carbocycles. The van der Waals surface area contributed by atoms with E-state index in [1.165, 1.54) is 0 Å². The highest BCUT2D eigenvalue weighted by atomic mass is 16.4. The van der Waals surface area contributed by atoms with Crippen molar-refractivity contribution in [3.8, 4) is 0 Å². The molecule has 0 radical (unpaired) electrons. The lowest BCUT2D eigenvalue weighted by molar-refractivity contribution is -0.136. The zero-order valence-electron chi connectivity index (χ0n) is 10.7. The lowest BCUT2D eigenvalue weighted by atomic mass is 10.1. The Morgan fingerprint density at radius 1 is 1.10 bits per heavy atom. The van der Waals surface area contributed by atoms with Gasteiger partial charge in [-0.1, -0.05) is 12.1 Å². The number of nitrogens with two attached hydrogens (primary N) is 1. The molecular weight excluding hydrogens is 256 g/mol. The van der Waals surface area contributed by atoms with Crippen LogP contribution in [0.1, 0.15) is 15.9 Å². The van der Waals surface area contributed by atoms with Gasteiger partial charge >= 0.3 is 5.97 Å². The Bertz CT molecular complexity index is 636. The van der Waals surface area contributed by atoms with Crippen molar-refractivity contribution < 1.29 is 14.7 Å². The number of carbonyl (C=O) groups is 2. The van der Waals surface area contributed by atoms with Crippen LogP contribution < -0.4 is 11.1 Å². The van der Waals surface area contributed by atoms with Gasteiger partial charge in [0.2, 0.25) is 0 Å². The minimum atomic E-state index is -0.930.